The number of benzene rings is 1. The third kappa shape index (κ3) is 1.42. The normalized spacial score (nSPS) is 11.3. The first-order valence-electron chi connectivity index (χ1n) is 5.61. The largest absolute Gasteiger partial charge is 0.396 e. The predicted octanol–water partition coefficient (Wildman–Crippen LogP) is 2.81. The van der Waals surface area contributed by atoms with Gasteiger partial charge in [0.05, 0.1) is 28.1 Å². The summed E-state index contributed by atoms with van der Waals surface area (Å²) in [5.74, 6) is 0. The lowest BCUT2D eigenvalue weighted by Gasteiger charge is -2.06. The van der Waals surface area contributed by atoms with Crippen LogP contribution >= 0.6 is 11.6 Å². The van der Waals surface area contributed by atoms with Crippen LogP contribution in [0.4, 0.5) is 5.69 Å². The van der Waals surface area contributed by atoms with Gasteiger partial charge in [-0.2, -0.15) is 5.10 Å². The molecule has 0 radical (unpaired) electrons. The van der Waals surface area contributed by atoms with Gasteiger partial charge in [-0.25, -0.2) is 0 Å². The fourth-order valence-electron chi connectivity index (χ4n) is 2.36. The van der Waals surface area contributed by atoms with Crippen molar-refractivity contribution in [1.29, 1.82) is 0 Å². The maximum atomic E-state index is 6.24. The smallest absolute Gasteiger partial charge is 0.107 e. The van der Waals surface area contributed by atoms with Crippen LogP contribution in [-0.2, 0) is 14.1 Å². The lowest BCUT2D eigenvalue weighted by molar-refractivity contribution is 0.768. The van der Waals surface area contributed by atoms with Gasteiger partial charge < -0.3 is 10.3 Å². The molecule has 0 atom stereocenters. The van der Waals surface area contributed by atoms with E-state index in [9.17, 15) is 0 Å². The third-order valence-corrected chi connectivity index (χ3v) is 3.52. The molecule has 3 rings (SSSR count). The number of anilines is 1. The Morgan fingerprint density at radius 1 is 1.28 bits per heavy atom. The molecule has 0 aliphatic heterocycles. The van der Waals surface area contributed by atoms with Crippen molar-refractivity contribution in [3.05, 3.63) is 35.5 Å². The highest BCUT2D eigenvalue weighted by Crippen LogP contribution is 2.33. The fourth-order valence-corrected chi connectivity index (χ4v) is 2.67. The summed E-state index contributed by atoms with van der Waals surface area (Å²) in [6.07, 6.45) is 1.66. The Labute approximate surface area is 110 Å². The molecule has 92 valence electrons. The zero-order valence-corrected chi connectivity index (χ0v) is 10.9. The molecule has 0 spiro atoms. The summed E-state index contributed by atoms with van der Waals surface area (Å²) < 4.78 is 3.82. The monoisotopic (exact) mass is 260 g/mol. The summed E-state index contributed by atoms with van der Waals surface area (Å²) >= 11 is 6.24. The number of nitrogen functional groups attached to an aromatic ring is 1. The van der Waals surface area contributed by atoms with Crippen LogP contribution in [-0.4, -0.2) is 14.3 Å². The molecule has 1 aromatic carbocycles. The van der Waals surface area contributed by atoms with Gasteiger partial charge in [-0.1, -0.05) is 23.7 Å². The summed E-state index contributed by atoms with van der Waals surface area (Å²) in [7, 11) is 3.86. The number of halogens is 1. The molecule has 0 amide bonds. The number of hydrogen-bond donors (Lipinski definition) is 1. The summed E-state index contributed by atoms with van der Waals surface area (Å²) in [5, 5.41) is 6.01. The second-order valence-electron chi connectivity index (χ2n) is 4.34. The standard InChI is InChI=1S/C13H13ClN4/c1-17-11(13-10(15)7-16-18(13)2)6-8-4-3-5-9(14)12(8)17/h3-7H,15H2,1-2H3. The van der Waals surface area contributed by atoms with Crippen molar-refractivity contribution in [1.82, 2.24) is 14.3 Å². The molecule has 0 aliphatic carbocycles. The van der Waals surface area contributed by atoms with Crippen molar-refractivity contribution in [3.8, 4) is 11.4 Å². The van der Waals surface area contributed by atoms with E-state index in [1.807, 2.05) is 36.9 Å². The van der Waals surface area contributed by atoms with Crippen molar-refractivity contribution in [2.75, 3.05) is 5.73 Å². The van der Waals surface area contributed by atoms with Gasteiger partial charge in [0, 0.05) is 19.5 Å². The SMILES string of the molecule is Cn1ncc(N)c1-c1cc2cccc(Cl)c2n1C. The second kappa shape index (κ2) is 3.78. The van der Waals surface area contributed by atoms with Crippen molar-refractivity contribution in [3.63, 3.8) is 0 Å². The van der Waals surface area contributed by atoms with Crippen LogP contribution in [0.25, 0.3) is 22.3 Å². The van der Waals surface area contributed by atoms with Crippen molar-refractivity contribution in [2.24, 2.45) is 14.1 Å². The zero-order chi connectivity index (χ0) is 12.9. The lowest BCUT2D eigenvalue weighted by Crippen LogP contribution is -2.00. The molecule has 3 aromatic rings. The number of aromatic nitrogens is 3. The minimum atomic E-state index is 0.666. The van der Waals surface area contributed by atoms with E-state index in [1.54, 1.807) is 10.9 Å². The average Bonchev–Trinajstić information content (AvgIpc) is 2.82. The Balaban J connectivity index is 2.38. The van der Waals surface area contributed by atoms with Crippen LogP contribution in [0.15, 0.2) is 30.5 Å². The van der Waals surface area contributed by atoms with E-state index in [2.05, 4.69) is 11.2 Å². The maximum Gasteiger partial charge on any atom is 0.107 e. The first-order valence-corrected chi connectivity index (χ1v) is 5.99. The number of hydrogen-bond acceptors (Lipinski definition) is 2. The maximum absolute atomic E-state index is 6.24. The highest BCUT2D eigenvalue weighted by atomic mass is 35.5. The van der Waals surface area contributed by atoms with E-state index in [0.717, 1.165) is 27.3 Å². The summed E-state index contributed by atoms with van der Waals surface area (Å²) in [4.78, 5) is 0. The number of nitrogens with two attached hydrogens (primary N) is 1. The third-order valence-electron chi connectivity index (χ3n) is 3.22. The molecule has 5 heteroatoms. The topological polar surface area (TPSA) is 48.8 Å². The number of rotatable bonds is 1. The van der Waals surface area contributed by atoms with Crippen molar-refractivity contribution >= 4 is 28.2 Å². The second-order valence-corrected chi connectivity index (χ2v) is 4.75. The molecule has 0 aliphatic rings. The highest BCUT2D eigenvalue weighted by Gasteiger charge is 2.15. The first-order chi connectivity index (χ1) is 8.59. The van der Waals surface area contributed by atoms with E-state index >= 15 is 0 Å². The van der Waals surface area contributed by atoms with Crippen LogP contribution in [0.2, 0.25) is 5.02 Å². The van der Waals surface area contributed by atoms with Gasteiger partial charge in [-0.05, 0) is 12.1 Å². The van der Waals surface area contributed by atoms with Gasteiger partial charge in [0.25, 0.3) is 0 Å². The highest BCUT2D eigenvalue weighted by molar-refractivity contribution is 6.35. The van der Waals surface area contributed by atoms with E-state index in [4.69, 9.17) is 17.3 Å². The van der Waals surface area contributed by atoms with Crippen LogP contribution < -0.4 is 5.73 Å². The van der Waals surface area contributed by atoms with Crippen molar-refractivity contribution in [2.45, 2.75) is 0 Å². The Bertz CT molecular complexity index is 719. The molecule has 0 fully saturated rings. The van der Waals surface area contributed by atoms with Gasteiger partial charge in [-0.15, -0.1) is 0 Å². The summed E-state index contributed by atoms with van der Waals surface area (Å²) in [6, 6.07) is 7.95. The Kier molecular flexibility index (Phi) is 2.35. The molecule has 0 unspecified atom stereocenters. The molecular formula is C13H13ClN4. The predicted molar refractivity (Wildman–Crippen MR) is 74.5 cm³/mol. The Morgan fingerprint density at radius 2 is 2.06 bits per heavy atom. The van der Waals surface area contributed by atoms with Crippen molar-refractivity contribution < 1.29 is 0 Å². The van der Waals surface area contributed by atoms with E-state index < -0.39 is 0 Å². The van der Waals surface area contributed by atoms with Crippen LogP contribution in [0, 0.1) is 0 Å². The summed E-state index contributed by atoms with van der Waals surface area (Å²) in [6.45, 7) is 0. The molecule has 2 N–H and O–H groups in total. The molecular weight excluding hydrogens is 248 g/mol. The summed E-state index contributed by atoms with van der Waals surface area (Å²) in [5.41, 5.74) is 9.56. The number of para-hydroxylation sites is 1. The van der Waals surface area contributed by atoms with E-state index in [1.165, 1.54) is 0 Å². The number of fused-ring (bicyclic) bond motifs is 1. The van der Waals surface area contributed by atoms with Crippen LogP contribution in [0.3, 0.4) is 0 Å². The molecule has 0 saturated carbocycles. The average molecular weight is 261 g/mol. The molecule has 0 saturated heterocycles. The molecule has 4 nitrogen and oxygen atoms in total. The van der Waals surface area contributed by atoms with Gasteiger partial charge in [-0.3, -0.25) is 4.68 Å². The Hall–Kier alpha value is -1.94. The quantitative estimate of drug-likeness (QED) is 0.731. The van der Waals surface area contributed by atoms with Crippen LogP contribution in [0.1, 0.15) is 0 Å². The molecule has 2 aromatic heterocycles. The lowest BCUT2D eigenvalue weighted by atomic mass is 10.2. The van der Waals surface area contributed by atoms with Gasteiger partial charge in [0.1, 0.15) is 5.69 Å². The van der Waals surface area contributed by atoms with E-state index in [0.29, 0.717) is 5.69 Å². The molecule has 2 heterocycles. The van der Waals surface area contributed by atoms with Gasteiger partial charge >= 0.3 is 0 Å². The molecule has 0 bridgehead atoms. The van der Waals surface area contributed by atoms with Gasteiger partial charge in [0.15, 0.2) is 0 Å². The van der Waals surface area contributed by atoms with E-state index in [-0.39, 0.29) is 0 Å². The minimum absolute atomic E-state index is 0.666. The number of aryl methyl sites for hydroxylation is 2. The minimum Gasteiger partial charge on any atom is -0.396 e. The Morgan fingerprint density at radius 3 is 2.67 bits per heavy atom. The van der Waals surface area contributed by atoms with Gasteiger partial charge in [0.2, 0.25) is 0 Å². The fraction of sp³-hybridized carbons (Fsp3) is 0.154. The molecule has 18 heavy (non-hydrogen) atoms. The number of nitrogens with zero attached hydrogens (tertiary/aromatic N) is 3. The zero-order valence-electron chi connectivity index (χ0n) is 10.2. The van der Waals surface area contributed by atoms with Crippen LogP contribution in [0.5, 0.6) is 0 Å². The first kappa shape index (κ1) is 11.2.